The van der Waals surface area contributed by atoms with Crippen molar-refractivity contribution in [2.45, 2.75) is 13.0 Å². The van der Waals surface area contributed by atoms with E-state index in [1.165, 1.54) is 6.33 Å². The maximum absolute atomic E-state index is 12.8. The number of hydrogen-bond acceptors (Lipinski definition) is 5. The molecule has 1 aliphatic heterocycles. The largest absolute Gasteiger partial charge is 0.497 e. The molecular weight excluding hydrogens is 370 g/mol. The Morgan fingerprint density at radius 2 is 2.00 bits per heavy atom. The van der Waals surface area contributed by atoms with Crippen LogP contribution >= 0.6 is 0 Å². The van der Waals surface area contributed by atoms with Gasteiger partial charge in [0.15, 0.2) is 0 Å². The summed E-state index contributed by atoms with van der Waals surface area (Å²) in [5.74, 6) is 0.0781. The van der Waals surface area contributed by atoms with E-state index in [4.69, 9.17) is 4.74 Å². The number of nitrogens with one attached hydrogen (secondary N) is 1. The minimum absolute atomic E-state index is 0.0637. The van der Waals surface area contributed by atoms with Crippen LogP contribution in [0.15, 0.2) is 61.2 Å². The number of hydrogen-bond donors (Lipinski definition) is 1. The number of anilines is 2. The van der Waals surface area contributed by atoms with Gasteiger partial charge in [0.1, 0.15) is 18.4 Å². The third kappa shape index (κ3) is 4.11. The van der Waals surface area contributed by atoms with Crippen LogP contribution in [-0.2, 0) is 16.1 Å². The maximum Gasteiger partial charge on any atom is 0.229 e. The van der Waals surface area contributed by atoms with Crippen LogP contribution in [-0.4, -0.2) is 40.2 Å². The zero-order valence-electron chi connectivity index (χ0n) is 16.0. The first-order chi connectivity index (χ1) is 14.1. The molecule has 8 nitrogen and oxygen atoms in total. The van der Waals surface area contributed by atoms with Crippen molar-refractivity contribution in [1.29, 1.82) is 0 Å². The van der Waals surface area contributed by atoms with Crippen LogP contribution in [0.1, 0.15) is 12.0 Å². The summed E-state index contributed by atoms with van der Waals surface area (Å²) in [4.78, 5) is 30.9. The molecule has 1 N–H and O–H groups in total. The molecule has 1 aromatic heterocycles. The van der Waals surface area contributed by atoms with Crippen molar-refractivity contribution in [3.8, 4) is 5.75 Å². The minimum atomic E-state index is -0.413. The Morgan fingerprint density at radius 1 is 1.21 bits per heavy atom. The molecule has 1 saturated heterocycles. The number of benzene rings is 2. The van der Waals surface area contributed by atoms with Crippen molar-refractivity contribution in [2.75, 3.05) is 23.9 Å². The summed E-state index contributed by atoms with van der Waals surface area (Å²) in [6.07, 6.45) is 3.28. The van der Waals surface area contributed by atoms with Gasteiger partial charge in [-0.3, -0.25) is 9.59 Å². The molecule has 148 valence electrons. The molecule has 0 radical (unpaired) electrons. The number of nitrogens with zero attached hydrogens (tertiary/aromatic N) is 4. The van der Waals surface area contributed by atoms with E-state index in [1.807, 2.05) is 36.4 Å². The van der Waals surface area contributed by atoms with Crippen LogP contribution in [0.25, 0.3) is 0 Å². The normalized spacial score (nSPS) is 16.1. The van der Waals surface area contributed by atoms with Crippen LogP contribution < -0.4 is 15.0 Å². The Labute approximate surface area is 168 Å². The quantitative estimate of drug-likeness (QED) is 0.697. The fraction of sp³-hybridized carbons (Fsp3) is 0.238. The van der Waals surface area contributed by atoms with Crippen molar-refractivity contribution in [2.24, 2.45) is 5.92 Å². The van der Waals surface area contributed by atoms with Crippen LogP contribution in [0.3, 0.4) is 0 Å². The Kier molecular flexibility index (Phi) is 5.24. The van der Waals surface area contributed by atoms with Crippen molar-refractivity contribution in [1.82, 2.24) is 14.8 Å². The average Bonchev–Trinajstić information content (AvgIpc) is 3.39. The fourth-order valence-corrected chi connectivity index (χ4v) is 3.40. The van der Waals surface area contributed by atoms with Gasteiger partial charge in [0, 0.05) is 24.3 Å². The van der Waals surface area contributed by atoms with E-state index in [0.29, 0.717) is 18.8 Å². The van der Waals surface area contributed by atoms with E-state index >= 15 is 0 Å². The number of carbonyl (C=O) groups excluding carboxylic acids is 2. The second-order valence-electron chi connectivity index (χ2n) is 6.84. The van der Waals surface area contributed by atoms with Gasteiger partial charge >= 0.3 is 0 Å². The van der Waals surface area contributed by atoms with E-state index in [0.717, 1.165) is 17.0 Å². The van der Waals surface area contributed by atoms with Crippen molar-refractivity contribution in [3.63, 3.8) is 0 Å². The molecule has 1 aliphatic rings. The highest BCUT2D eigenvalue weighted by atomic mass is 16.5. The number of carbonyl (C=O) groups is 2. The smallest absolute Gasteiger partial charge is 0.229 e. The van der Waals surface area contributed by atoms with E-state index in [9.17, 15) is 9.59 Å². The zero-order chi connectivity index (χ0) is 20.2. The van der Waals surface area contributed by atoms with Crippen molar-refractivity contribution < 1.29 is 14.3 Å². The highest BCUT2D eigenvalue weighted by molar-refractivity contribution is 6.03. The predicted molar refractivity (Wildman–Crippen MR) is 108 cm³/mol. The summed E-state index contributed by atoms with van der Waals surface area (Å²) in [5.41, 5.74) is 2.39. The fourth-order valence-electron chi connectivity index (χ4n) is 3.40. The topological polar surface area (TPSA) is 89.3 Å². The molecule has 29 heavy (non-hydrogen) atoms. The lowest BCUT2D eigenvalue weighted by atomic mass is 10.1. The standard InChI is InChI=1S/C21H21N5O3/c1-29-18-8-6-17(7-9-18)26-12-16(10-20(26)27)21(28)24-19-5-3-2-4-15(19)11-25-14-22-13-23-25/h2-9,13-14,16H,10-12H2,1H3,(H,24,28). The Balaban J connectivity index is 1.45. The molecule has 0 spiro atoms. The van der Waals surface area contributed by atoms with Crippen molar-refractivity contribution in [3.05, 3.63) is 66.7 Å². The molecular formula is C21H21N5O3. The third-order valence-electron chi connectivity index (χ3n) is 4.95. The lowest BCUT2D eigenvalue weighted by Gasteiger charge is -2.17. The van der Waals surface area contributed by atoms with Crippen LogP contribution in [0.2, 0.25) is 0 Å². The SMILES string of the molecule is COc1ccc(N2CC(C(=O)Nc3ccccc3Cn3cncn3)CC2=O)cc1. The maximum atomic E-state index is 12.8. The first-order valence-electron chi connectivity index (χ1n) is 9.29. The second-order valence-corrected chi connectivity index (χ2v) is 6.84. The average molecular weight is 391 g/mol. The molecule has 1 atom stereocenters. The summed E-state index contributed by atoms with van der Waals surface area (Å²) in [7, 11) is 1.59. The third-order valence-corrected chi connectivity index (χ3v) is 4.95. The number of rotatable bonds is 6. The summed E-state index contributed by atoms with van der Waals surface area (Å²) in [6, 6.07) is 14.8. The van der Waals surface area contributed by atoms with Gasteiger partial charge in [-0.15, -0.1) is 0 Å². The highest BCUT2D eigenvalue weighted by Crippen LogP contribution is 2.28. The van der Waals surface area contributed by atoms with E-state index < -0.39 is 5.92 Å². The molecule has 1 unspecified atom stereocenters. The molecule has 0 aliphatic carbocycles. The number of methoxy groups -OCH3 is 1. The summed E-state index contributed by atoms with van der Waals surface area (Å²) in [5, 5.41) is 7.08. The van der Waals surface area contributed by atoms with E-state index in [1.54, 1.807) is 35.2 Å². The van der Waals surface area contributed by atoms with Gasteiger partial charge in [0.05, 0.1) is 19.6 Å². The highest BCUT2D eigenvalue weighted by Gasteiger charge is 2.35. The van der Waals surface area contributed by atoms with Gasteiger partial charge in [0.25, 0.3) is 0 Å². The lowest BCUT2D eigenvalue weighted by Crippen LogP contribution is -2.28. The Hall–Kier alpha value is -3.68. The first-order valence-corrected chi connectivity index (χ1v) is 9.29. The van der Waals surface area contributed by atoms with Crippen molar-refractivity contribution >= 4 is 23.2 Å². The van der Waals surface area contributed by atoms with Crippen LogP contribution in [0, 0.1) is 5.92 Å². The number of ether oxygens (including phenoxy) is 1. The summed E-state index contributed by atoms with van der Waals surface area (Å²) in [6.45, 7) is 0.847. The Morgan fingerprint density at radius 3 is 2.72 bits per heavy atom. The van der Waals surface area contributed by atoms with Crippen LogP contribution in [0.5, 0.6) is 5.75 Å². The van der Waals surface area contributed by atoms with Gasteiger partial charge in [-0.05, 0) is 35.9 Å². The first kappa shape index (κ1) is 18.7. The predicted octanol–water partition coefficient (Wildman–Crippen LogP) is 2.33. The molecule has 2 heterocycles. The van der Waals surface area contributed by atoms with Gasteiger partial charge in [-0.25, -0.2) is 9.67 Å². The molecule has 3 aromatic rings. The molecule has 2 amide bonds. The molecule has 0 saturated carbocycles. The summed E-state index contributed by atoms with van der Waals surface area (Å²) >= 11 is 0. The molecule has 0 bridgehead atoms. The molecule has 4 rings (SSSR count). The van der Waals surface area contributed by atoms with Gasteiger partial charge in [0.2, 0.25) is 11.8 Å². The lowest BCUT2D eigenvalue weighted by molar-refractivity contribution is -0.122. The van der Waals surface area contributed by atoms with Crippen LogP contribution in [0.4, 0.5) is 11.4 Å². The van der Waals surface area contributed by atoms with Gasteiger partial charge in [-0.1, -0.05) is 18.2 Å². The minimum Gasteiger partial charge on any atom is -0.497 e. The number of para-hydroxylation sites is 1. The molecule has 2 aromatic carbocycles. The molecule has 8 heteroatoms. The van der Waals surface area contributed by atoms with E-state index in [-0.39, 0.29) is 18.2 Å². The van der Waals surface area contributed by atoms with Gasteiger partial charge < -0.3 is 15.0 Å². The van der Waals surface area contributed by atoms with Gasteiger partial charge in [-0.2, -0.15) is 5.10 Å². The zero-order valence-corrected chi connectivity index (χ0v) is 16.0. The monoisotopic (exact) mass is 391 g/mol. The number of amides is 2. The summed E-state index contributed by atoms with van der Waals surface area (Å²) < 4.78 is 6.85. The van der Waals surface area contributed by atoms with E-state index in [2.05, 4.69) is 15.4 Å². The molecule has 1 fully saturated rings. The number of aromatic nitrogens is 3. The second kappa shape index (κ2) is 8.14. The Bertz CT molecular complexity index is 1000.